The summed E-state index contributed by atoms with van der Waals surface area (Å²) in [7, 11) is 0. The molecular formula is C20H15BrF2N4O. The number of anilines is 1. The van der Waals surface area contributed by atoms with Crippen molar-refractivity contribution in [1.29, 1.82) is 0 Å². The third kappa shape index (κ3) is 2.75. The van der Waals surface area contributed by atoms with E-state index in [1.807, 2.05) is 12.1 Å². The molecule has 1 aliphatic rings. The molecule has 1 fully saturated rings. The van der Waals surface area contributed by atoms with E-state index in [0.717, 1.165) is 46.4 Å². The zero-order valence-electron chi connectivity index (χ0n) is 14.7. The molecule has 5 rings (SSSR count). The lowest BCUT2D eigenvalue weighted by molar-refractivity contribution is 0.122. The first kappa shape index (κ1) is 17.5. The van der Waals surface area contributed by atoms with Crippen molar-refractivity contribution in [2.24, 2.45) is 0 Å². The molecule has 0 bridgehead atoms. The summed E-state index contributed by atoms with van der Waals surface area (Å²) in [6, 6.07) is 7.92. The molecule has 0 spiro atoms. The normalized spacial score (nSPS) is 14.9. The van der Waals surface area contributed by atoms with E-state index >= 15 is 0 Å². The molecule has 0 atom stereocenters. The number of morpholine rings is 1. The standard InChI is InChI=1S/C20H15BrF2N4O/c21-13-9-12(26-5-7-28-8-6-26)10-17-19(13)25-11-27(17)16-3-4-24-20-15(23)2-1-14(22)18(16)20/h1-4,9-11H,5-8H2. The van der Waals surface area contributed by atoms with Crippen LogP contribution in [-0.2, 0) is 4.74 Å². The Morgan fingerprint density at radius 2 is 1.75 bits per heavy atom. The highest BCUT2D eigenvalue weighted by atomic mass is 79.9. The van der Waals surface area contributed by atoms with Crippen LogP contribution in [0.25, 0.3) is 27.6 Å². The van der Waals surface area contributed by atoms with Gasteiger partial charge < -0.3 is 9.64 Å². The fourth-order valence-electron chi connectivity index (χ4n) is 3.63. The van der Waals surface area contributed by atoms with Crippen LogP contribution in [0.1, 0.15) is 0 Å². The summed E-state index contributed by atoms with van der Waals surface area (Å²) in [6.45, 7) is 2.94. The topological polar surface area (TPSA) is 43.2 Å². The Labute approximate surface area is 167 Å². The summed E-state index contributed by atoms with van der Waals surface area (Å²) < 4.78 is 36.8. The van der Waals surface area contributed by atoms with Crippen molar-refractivity contribution in [3.8, 4) is 5.69 Å². The van der Waals surface area contributed by atoms with Gasteiger partial charge in [-0.15, -0.1) is 0 Å². The van der Waals surface area contributed by atoms with E-state index in [-0.39, 0.29) is 10.9 Å². The summed E-state index contributed by atoms with van der Waals surface area (Å²) >= 11 is 3.60. The highest BCUT2D eigenvalue weighted by Crippen LogP contribution is 2.33. The summed E-state index contributed by atoms with van der Waals surface area (Å²) in [5.41, 5.74) is 3.07. The number of fused-ring (bicyclic) bond motifs is 2. The maximum absolute atomic E-state index is 14.6. The van der Waals surface area contributed by atoms with E-state index in [9.17, 15) is 8.78 Å². The van der Waals surface area contributed by atoms with Gasteiger partial charge in [0.15, 0.2) is 0 Å². The van der Waals surface area contributed by atoms with Crippen LogP contribution in [0.3, 0.4) is 0 Å². The third-order valence-electron chi connectivity index (χ3n) is 5.00. The van der Waals surface area contributed by atoms with E-state index in [2.05, 4.69) is 30.8 Å². The second-order valence-corrected chi connectivity index (χ2v) is 7.45. The number of aromatic nitrogens is 3. The van der Waals surface area contributed by atoms with Gasteiger partial charge in [0.1, 0.15) is 29.0 Å². The molecule has 0 aliphatic carbocycles. The first-order valence-electron chi connectivity index (χ1n) is 8.86. The van der Waals surface area contributed by atoms with Crippen molar-refractivity contribution in [2.75, 3.05) is 31.2 Å². The van der Waals surface area contributed by atoms with Gasteiger partial charge in [-0.1, -0.05) is 0 Å². The number of hydrogen-bond donors (Lipinski definition) is 0. The Morgan fingerprint density at radius 3 is 2.57 bits per heavy atom. The lowest BCUT2D eigenvalue weighted by Gasteiger charge is -2.29. The van der Waals surface area contributed by atoms with Crippen LogP contribution < -0.4 is 4.90 Å². The van der Waals surface area contributed by atoms with Gasteiger partial charge >= 0.3 is 0 Å². The van der Waals surface area contributed by atoms with Crippen LogP contribution in [-0.4, -0.2) is 40.8 Å². The first-order chi connectivity index (χ1) is 13.6. The van der Waals surface area contributed by atoms with Gasteiger partial charge in [-0.25, -0.2) is 13.8 Å². The Morgan fingerprint density at radius 1 is 0.964 bits per heavy atom. The van der Waals surface area contributed by atoms with Gasteiger partial charge in [0, 0.05) is 29.4 Å². The van der Waals surface area contributed by atoms with E-state index in [4.69, 9.17) is 4.74 Å². The van der Waals surface area contributed by atoms with Crippen molar-refractivity contribution in [3.05, 3.63) is 59.0 Å². The van der Waals surface area contributed by atoms with E-state index in [0.29, 0.717) is 18.9 Å². The second kappa shape index (κ2) is 6.79. The first-order valence-corrected chi connectivity index (χ1v) is 9.65. The quantitative estimate of drug-likeness (QED) is 0.458. The molecule has 2 aromatic carbocycles. The molecule has 3 heterocycles. The molecule has 142 valence electrons. The molecule has 28 heavy (non-hydrogen) atoms. The number of imidazole rings is 1. The molecule has 4 aromatic rings. The van der Waals surface area contributed by atoms with Crippen LogP contribution in [0.4, 0.5) is 14.5 Å². The molecule has 1 aliphatic heterocycles. The number of rotatable bonds is 2. The molecule has 0 unspecified atom stereocenters. The van der Waals surface area contributed by atoms with Crippen LogP contribution in [0, 0.1) is 11.6 Å². The SMILES string of the molecule is Fc1ccc(F)c2c(-n3cnc4c(Br)cc(N5CCOCC5)cc43)ccnc12. The predicted molar refractivity (Wildman–Crippen MR) is 107 cm³/mol. The fraction of sp³-hybridized carbons (Fsp3) is 0.200. The minimum atomic E-state index is -0.558. The summed E-state index contributed by atoms with van der Waals surface area (Å²) in [6.07, 6.45) is 3.10. The van der Waals surface area contributed by atoms with Crippen LogP contribution in [0.15, 0.2) is 47.3 Å². The number of halogens is 3. The molecule has 5 nitrogen and oxygen atoms in total. The predicted octanol–water partition coefficient (Wildman–Crippen LogP) is 4.45. The molecule has 0 amide bonds. The monoisotopic (exact) mass is 444 g/mol. The number of ether oxygens (including phenoxy) is 1. The van der Waals surface area contributed by atoms with Crippen LogP contribution in [0.2, 0.25) is 0 Å². The lowest BCUT2D eigenvalue weighted by atomic mass is 10.1. The average molecular weight is 445 g/mol. The van der Waals surface area contributed by atoms with E-state index in [1.54, 1.807) is 17.0 Å². The van der Waals surface area contributed by atoms with Crippen molar-refractivity contribution in [2.45, 2.75) is 0 Å². The van der Waals surface area contributed by atoms with Crippen LogP contribution in [0.5, 0.6) is 0 Å². The molecular weight excluding hydrogens is 430 g/mol. The number of hydrogen-bond acceptors (Lipinski definition) is 4. The average Bonchev–Trinajstić information content (AvgIpc) is 3.15. The minimum Gasteiger partial charge on any atom is -0.378 e. The third-order valence-corrected chi connectivity index (χ3v) is 5.60. The van der Waals surface area contributed by atoms with E-state index < -0.39 is 11.6 Å². The maximum atomic E-state index is 14.6. The smallest absolute Gasteiger partial charge is 0.149 e. The van der Waals surface area contributed by atoms with Crippen LogP contribution >= 0.6 is 15.9 Å². The molecule has 0 saturated carbocycles. The Kier molecular flexibility index (Phi) is 4.25. The largest absolute Gasteiger partial charge is 0.378 e. The number of benzene rings is 2. The van der Waals surface area contributed by atoms with Gasteiger partial charge in [-0.05, 0) is 46.3 Å². The van der Waals surface area contributed by atoms with Crippen molar-refractivity contribution in [3.63, 3.8) is 0 Å². The van der Waals surface area contributed by atoms with Crippen molar-refractivity contribution in [1.82, 2.24) is 14.5 Å². The highest BCUT2D eigenvalue weighted by molar-refractivity contribution is 9.10. The van der Waals surface area contributed by atoms with Gasteiger partial charge in [0.25, 0.3) is 0 Å². The highest BCUT2D eigenvalue weighted by Gasteiger charge is 2.18. The molecule has 0 radical (unpaired) electrons. The Balaban J connectivity index is 1.75. The van der Waals surface area contributed by atoms with E-state index in [1.165, 1.54) is 6.20 Å². The molecule has 1 saturated heterocycles. The van der Waals surface area contributed by atoms with Crippen molar-refractivity contribution < 1.29 is 13.5 Å². The Bertz CT molecular complexity index is 1200. The summed E-state index contributed by atoms with van der Waals surface area (Å²) in [5, 5.41) is 0.134. The zero-order chi connectivity index (χ0) is 19.3. The lowest BCUT2D eigenvalue weighted by Crippen LogP contribution is -2.36. The van der Waals surface area contributed by atoms with Gasteiger partial charge in [-0.3, -0.25) is 9.55 Å². The fourth-order valence-corrected chi connectivity index (χ4v) is 4.17. The van der Waals surface area contributed by atoms with Gasteiger partial charge in [0.2, 0.25) is 0 Å². The van der Waals surface area contributed by atoms with Gasteiger partial charge in [0.05, 0.1) is 29.8 Å². The van der Waals surface area contributed by atoms with Gasteiger partial charge in [-0.2, -0.15) is 0 Å². The minimum absolute atomic E-state index is 0.00255. The summed E-state index contributed by atoms with van der Waals surface area (Å²) in [4.78, 5) is 10.7. The molecule has 0 N–H and O–H groups in total. The molecule has 8 heteroatoms. The zero-order valence-corrected chi connectivity index (χ0v) is 16.3. The Hall–Kier alpha value is -2.58. The molecule has 2 aromatic heterocycles. The number of nitrogens with zero attached hydrogens (tertiary/aromatic N) is 4. The number of pyridine rings is 1. The second-order valence-electron chi connectivity index (χ2n) is 6.59. The maximum Gasteiger partial charge on any atom is 0.149 e. The summed E-state index contributed by atoms with van der Waals surface area (Å²) in [5.74, 6) is -1.08. The van der Waals surface area contributed by atoms with Crippen molar-refractivity contribution >= 4 is 43.6 Å².